The van der Waals surface area contributed by atoms with Crippen molar-refractivity contribution in [3.05, 3.63) is 94.2 Å². The summed E-state index contributed by atoms with van der Waals surface area (Å²) in [4.78, 5) is 10.8. The molecule has 0 amide bonds. The van der Waals surface area contributed by atoms with Crippen molar-refractivity contribution in [2.75, 3.05) is 12.8 Å². The predicted molar refractivity (Wildman–Crippen MR) is 142 cm³/mol. The minimum absolute atomic E-state index is 0.226. The van der Waals surface area contributed by atoms with Crippen molar-refractivity contribution in [1.82, 2.24) is 10.3 Å². The summed E-state index contributed by atoms with van der Waals surface area (Å²) in [5, 5.41) is 4.31. The number of hydrogen-bond acceptors (Lipinski definition) is 5. The van der Waals surface area contributed by atoms with Crippen molar-refractivity contribution < 1.29 is 4.39 Å². The van der Waals surface area contributed by atoms with Gasteiger partial charge in [-0.15, -0.1) is 11.8 Å². The van der Waals surface area contributed by atoms with Gasteiger partial charge in [-0.3, -0.25) is 4.99 Å². The third-order valence-electron chi connectivity index (χ3n) is 5.66. The fourth-order valence-electron chi connectivity index (χ4n) is 4.05. The Morgan fingerprint density at radius 1 is 1.30 bits per heavy atom. The van der Waals surface area contributed by atoms with Crippen molar-refractivity contribution in [3.63, 3.8) is 0 Å². The van der Waals surface area contributed by atoms with Crippen LogP contribution in [0.3, 0.4) is 0 Å². The van der Waals surface area contributed by atoms with Gasteiger partial charge in [0.25, 0.3) is 0 Å². The predicted octanol–water partition coefficient (Wildman–Crippen LogP) is 6.28. The lowest BCUT2D eigenvalue weighted by Gasteiger charge is -2.11. The molecule has 4 N–H and O–H groups in total. The van der Waals surface area contributed by atoms with E-state index in [1.54, 1.807) is 23.5 Å². The maximum absolute atomic E-state index is 14.2. The maximum Gasteiger partial charge on any atom is 0.147 e. The molecule has 0 atom stereocenters. The molecule has 0 saturated heterocycles. The van der Waals surface area contributed by atoms with Crippen LogP contribution in [0.1, 0.15) is 22.4 Å². The van der Waals surface area contributed by atoms with E-state index in [1.807, 2.05) is 26.0 Å². The van der Waals surface area contributed by atoms with E-state index in [0.717, 1.165) is 49.7 Å². The number of thioether (sulfide) groups is 2. The first-order valence-corrected chi connectivity index (χ1v) is 12.7. The first-order valence-electron chi connectivity index (χ1n) is 10.7. The van der Waals surface area contributed by atoms with Crippen molar-refractivity contribution in [1.29, 1.82) is 0 Å². The van der Waals surface area contributed by atoms with Crippen LogP contribution in [0.2, 0.25) is 0 Å². The Hall–Kier alpha value is -2.90. The van der Waals surface area contributed by atoms with Crippen LogP contribution in [-0.2, 0) is 6.42 Å². The number of halogens is 1. The lowest BCUT2D eigenvalue weighted by atomic mass is 10.0. The van der Waals surface area contributed by atoms with E-state index in [1.165, 1.54) is 17.2 Å². The summed E-state index contributed by atoms with van der Waals surface area (Å²) in [6, 6.07) is 11.8. The molecular weight excluding hydrogens is 451 g/mol. The molecule has 0 spiro atoms. The van der Waals surface area contributed by atoms with E-state index in [9.17, 15) is 4.39 Å². The van der Waals surface area contributed by atoms with Gasteiger partial charge < -0.3 is 16.0 Å². The van der Waals surface area contributed by atoms with Gasteiger partial charge in [-0.05, 0) is 67.5 Å². The fourth-order valence-corrected chi connectivity index (χ4v) is 5.54. The van der Waals surface area contributed by atoms with Gasteiger partial charge in [0.15, 0.2) is 0 Å². The molecule has 4 rings (SSSR count). The van der Waals surface area contributed by atoms with Crippen LogP contribution in [-0.4, -0.2) is 23.5 Å². The first kappa shape index (κ1) is 23.3. The molecule has 0 unspecified atom stereocenters. The average molecular weight is 479 g/mol. The number of nitrogens with two attached hydrogens (primary N) is 1. The quantitative estimate of drug-likeness (QED) is 0.350. The van der Waals surface area contributed by atoms with Crippen LogP contribution in [0.15, 0.2) is 75.9 Å². The molecule has 1 aromatic heterocycles. The van der Waals surface area contributed by atoms with E-state index < -0.39 is 0 Å². The first-order chi connectivity index (χ1) is 15.9. The number of aromatic nitrogens is 1. The Morgan fingerprint density at radius 3 is 2.88 bits per heavy atom. The molecule has 3 aromatic rings. The van der Waals surface area contributed by atoms with Crippen LogP contribution < -0.4 is 11.1 Å². The third kappa shape index (κ3) is 4.75. The molecule has 33 heavy (non-hydrogen) atoms. The van der Waals surface area contributed by atoms with Gasteiger partial charge in [0.2, 0.25) is 0 Å². The Morgan fingerprint density at radius 2 is 2.12 bits per heavy atom. The number of nitrogens with zero attached hydrogens (tertiary/aromatic N) is 1. The van der Waals surface area contributed by atoms with Gasteiger partial charge >= 0.3 is 0 Å². The van der Waals surface area contributed by atoms with E-state index in [2.05, 4.69) is 52.4 Å². The van der Waals surface area contributed by atoms with Crippen LogP contribution in [0.5, 0.6) is 0 Å². The van der Waals surface area contributed by atoms with Gasteiger partial charge in [-0.25, -0.2) is 4.39 Å². The lowest BCUT2D eigenvalue weighted by Crippen LogP contribution is -2.25. The highest BCUT2D eigenvalue weighted by molar-refractivity contribution is 8.13. The highest BCUT2D eigenvalue weighted by atomic mass is 32.2. The second kappa shape index (κ2) is 9.93. The largest absolute Gasteiger partial charge is 0.385 e. The highest BCUT2D eigenvalue weighted by Gasteiger charge is 2.22. The summed E-state index contributed by atoms with van der Waals surface area (Å²) in [7, 11) is 0. The Bertz CT molecular complexity index is 1320. The SMILES string of the molecule is C=C/N=C1/C=C(c2cccc(SC)c2)S/C1=C(/N)NCCc1c(C)[nH]c2c(F)ccc(C)c12. The van der Waals surface area contributed by atoms with E-state index >= 15 is 0 Å². The van der Waals surface area contributed by atoms with E-state index in [-0.39, 0.29) is 5.82 Å². The standard InChI is InChI=1S/C26H27FN4S2/c1-5-29-21-14-22(17-7-6-8-18(13-17)32-4)33-25(21)26(28)30-12-11-19-16(3)31-24-20(27)10-9-15(2)23(19)24/h5-10,13-14,30-31H,1,11-12,28H2,2-4H3/b26-25-,29-21-. The number of benzene rings is 2. The van der Waals surface area contributed by atoms with Crippen molar-refractivity contribution in [2.24, 2.45) is 10.7 Å². The second-order valence-corrected chi connectivity index (χ2v) is 9.73. The Labute approximate surface area is 202 Å². The van der Waals surface area contributed by atoms with Crippen molar-refractivity contribution in [2.45, 2.75) is 25.2 Å². The third-order valence-corrected chi connectivity index (χ3v) is 7.59. The topological polar surface area (TPSA) is 66.2 Å². The lowest BCUT2D eigenvalue weighted by molar-refractivity contribution is 0.637. The minimum atomic E-state index is -0.226. The number of allylic oxidation sites excluding steroid dienone is 2. The highest BCUT2D eigenvalue weighted by Crippen LogP contribution is 2.42. The molecule has 0 fully saturated rings. The summed E-state index contributed by atoms with van der Waals surface area (Å²) in [5.74, 6) is 0.351. The number of nitrogens with one attached hydrogen (secondary N) is 2. The average Bonchev–Trinajstić information content (AvgIpc) is 3.39. The number of rotatable bonds is 7. The Balaban J connectivity index is 1.54. The maximum atomic E-state index is 14.2. The molecule has 2 aromatic carbocycles. The van der Waals surface area contributed by atoms with E-state index in [0.29, 0.717) is 17.9 Å². The van der Waals surface area contributed by atoms with Crippen molar-refractivity contribution >= 4 is 45.0 Å². The zero-order chi connectivity index (χ0) is 23.5. The Kier molecular flexibility index (Phi) is 7.00. The molecule has 0 bridgehead atoms. The number of aromatic amines is 1. The van der Waals surface area contributed by atoms with Crippen LogP contribution in [0.25, 0.3) is 15.8 Å². The molecule has 0 aliphatic carbocycles. The number of fused-ring (bicyclic) bond motifs is 1. The fraction of sp³-hybridized carbons (Fsp3) is 0.192. The van der Waals surface area contributed by atoms with Gasteiger partial charge in [0, 0.05) is 33.6 Å². The summed E-state index contributed by atoms with van der Waals surface area (Å²) < 4.78 is 14.2. The molecule has 2 heterocycles. The zero-order valence-electron chi connectivity index (χ0n) is 19.0. The van der Waals surface area contributed by atoms with Crippen molar-refractivity contribution in [3.8, 4) is 0 Å². The summed E-state index contributed by atoms with van der Waals surface area (Å²) in [6.45, 7) is 8.36. The normalized spacial score (nSPS) is 16.4. The second-order valence-electron chi connectivity index (χ2n) is 7.80. The van der Waals surface area contributed by atoms with Crippen LogP contribution >= 0.6 is 23.5 Å². The summed E-state index contributed by atoms with van der Waals surface area (Å²) in [5.41, 5.74) is 12.1. The molecule has 0 saturated carbocycles. The minimum Gasteiger partial charge on any atom is -0.385 e. The molecular formula is C26H27FN4S2. The van der Waals surface area contributed by atoms with E-state index in [4.69, 9.17) is 5.73 Å². The molecule has 170 valence electrons. The number of aryl methyl sites for hydroxylation is 2. The van der Waals surface area contributed by atoms with Gasteiger partial charge in [0.05, 0.1) is 16.1 Å². The smallest absolute Gasteiger partial charge is 0.147 e. The number of H-pyrrole nitrogens is 1. The molecule has 1 aliphatic heterocycles. The monoisotopic (exact) mass is 478 g/mol. The van der Waals surface area contributed by atoms with Crippen LogP contribution in [0.4, 0.5) is 4.39 Å². The molecule has 0 radical (unpaired) electrons. The molecule has 1 aliphatic rings. The zero-order valence-corrected chi connectivity index (χ0v) is 20.6. The van der Waals surface area contributed by atoms with Crippen LogP contribution in [0, 0.1) is 19.7 Å². The van der Waals surface area contributed by atoms with Gasteiger partial charge in [-0.1, -0.05) is 36.5 Å². The van der Waals surface area contributed by atoms with Gasteiger partial charge in [-0.2, -0.15) is 0 Å². The summed E-state index contributed by atoms with van der Waals surface area (Å²) >= 11 is 3.32. The molecule has 7 heteroatoms. The molecule has 4 nitrogen and oxygen atoms in total. The number of hydrogen-bond donors (Lipinski definition) is 3. The summed E-state index contributed by atoms with van der Waals surface area (Å²) in [6.07, 6.45) is 6.37. The van der Waals surface area contributed by atoms with Gasteiger partial charge in [0.1, 0.15) is 11.6 Å². The number of aliphatic imine (C=N–C) groups is 1.